The first-order valence-electron chi connectivity index (χ1n) is 9.57. The van der Waals surface area contributed by atoms with E-state index in [9.17, 15) is 4.79 Å². The summed E-state index contributed by atoms with van der Waals surface area (Å²) in [6.45, 7) is 7.01. The predicted octanol–water partition coefficient (Wildman–Crippen LogP) is 3.19. The van der Waals surface area contributed by atoms with Crippen LogP contribution < -0.4 is 4.90 Å². The summed E-state index contributed by atoms with van der Waals surface area (Å²) in [6, 6.07) is 12.0. The van der Waals surface area contributed by atoms with Crippen LogP contribution in [0.2, 0.25) is 0 Å². The Kier molecular flexibility index (Phi) is 5.80. The van der Waals surface area contributed by atoms with E-state index in [0.29, 0.717) is 24.2 Å². The molecule has 3 aromatic rings. The van der Waals surface area contributed by atoms with Crippen LogP contribution in [-0.4, -0.2) is 57.9 Å². The van der Waals surface area contributed by atoms with Crippen molar-refractivity contribution in [3.05, 3.63) is 53.7 Å². The lowest BCUT2D eigenvalue weighted by atomic mass is 10.1. The van der Waals surface area contributed by atoms with Gasteiger partial charge >= 0.3 is 0 Å². The Hall–Kier alpha value is -2.87. The minimum absolute atomic E-state index is 0.0850. The van der Waals surface area contributed by atoms with Gasteiger partial charge in [-0.25, -0.2) is 4.98 Å². The van der Waals surface area contributed by atoms with Crippen molar-refractivity contribution in [1.29, 1.82) is 0 Å². The second-order valence-corrected chi connectivity index (χ2v) is 8.02. The number of aromatic nitrogens is 3. The molecule has 1 aliphatic heterocycles. The summed E-state index contributed by atoms with van der Waals surface area (Å²) in [7, 11) is 0. The molecule has 7 nitrogen and oxygen atoms in total. The molecule has 0 radical (unpaired) electrons. The van der Waals surface area contributed by atoms with Gasteiger partial charge in [0.1, 0.15) is 5.82 Å². The molecule has 0 unspecified atom stereocenters. The van der Waals surface area contributed by atoms with Crippen molar-refractivity contribution in [2.75, 3.05) is 36.8 Å². The van der Waals surface area contributed by atoms with Gasteiger partial charge in [-0.15, -0.1) is 10.2 Å². The Morgan fingerprint density at radius 2 is 1.83 bits per heavy atom. The van der Waals surface area contributed by atoms with Crippen LogP contribution in [0.1, 0.15) is 11.1 Å². The van der Waals surface area contributed by atoms with E-state index in [-0.39, 0.29) is 11.7 Å². The molecule has 8 heteroatoms. The quantitative estimate of drug-likeness (QED) is 0.599. The van der Waals surface area contributed by atoms with Gasteiger partial charge in [0.2, 0.25) is 11.8 Å². The van der Waals surface area contributed by atoms with E-state index in [1.807, 2.05) is 49.1 Å². The van der Waals surface area contributed by atoms with Crippen molar-refractivity contribution in [1.82, 2.24) is 20.1 Å². The molecule has 0 atom stereocenters. The zero-order valence-corrected chi connectivity index (χ0v) is 17.4. The Morgan fingerprint density at radius 1 is 1.07 bits per heavy atom. The standard InChI is InChI=1S/C21H23N5O2S/c1-15-11-16(2)13-17(12-15)20-23-24-21(28-20)29-14-19(27)26-9-7-25(8-10-26)18-5-3-4-6-22-18/h3-6,11-13H,7-10,14H2,1-2H3. The summed E-state index contributed by atoms with van der Waals surface area (Å²) < 4.78 is 5.75. The highest BCUT2D eigenvalue weighted by molar-refractivity contribution is 7.99. The van der Waals surface area contributed by atoms with Crippen LogP contribution in [0.25, 0.3) is 11.5 Å². The first kappa shape index (κ1) is 19.4. The molecule has 29 heavy (non-hydrogen) atoms. The number of rotatable bonds is 5. The third kappa shape index (κ3) is 4.76. The van der Waals surface area contributed by atoms with Crippen molar-refractivity contribution in [2.24, 2.45) is 0 Å². The van der Waals surface area contributed by atoms with E-state index >= 15 is 0 Å². The summed E-state index contributed by atoms with van der Waals surface area (Å²) in [6.07, 6.45) is 1.79. The van der Waals surface area contributed by atoms with Crippen molar-refractivity contribution in [3.8, 4) is 11.5 Å². The molecular formula is C21H23N5O2S. The highest BCUT2D eigenvalue weighted by Crippen LogP contribution is 2.25. The first-order valence-corrected chi connectivity index (χ1v) is 10.6. The van der Waals surface area contributed by atoms with E-state index in [1.165, 1.54) is 11.8 Å². The van der Waals surface area contributed by atoms with Crippen LogP contribution in [0.5, 0.6) is 0 Å². The van der Waals surface area contributed by atoms with Crippen LogP contribution in [-0.2, 0) is 4.79 Å². The Bertz CT molecular complexity index is 963. The number of carbonyl (C=O) groups excluding carboxylic acids is 1. The van der Waals surface area contributed by atoms with Gasteiger partial charge in [-0.1, -0.05) is 35.0 Å². The van der Waals surface area contributed by atoms with Crippen molar-refractivity contribution >= 4 is 23.5 Å². The van der Waals surface area contributed by atoms with E-state index in [4.69, 9.17) is 4.42 Å². The van der Waals surface area contributed by atoms with Crippen LogP contribution in [0.15, 0.2) is 52.2 Å². The summed E-state index contributed by atoms with van der Waals surface area (Å²) in [5.41, 5.74) is 3.19. The van der Waals surface area contributed by atoms with Crippen molar-refractivity contribution in [2.45, 2.75) is 19.1 Å². The first-order chi connectivity index (χ1) is 14.1. The molecule has 1 amide bonds. The largest absolute Gasteiger partial charge is 0.411 e. The zero-order valence-electron chi connectivity index (χ0n) is 16.5. The summed E-state index contributed by atoms with van der Waals surface area (Å²) in [4.78, 5) is 21.0. The number of piperazine rings is 1. The number of hydrogen-bond acceptors (Lipinski definition) is 7. The van der Waals surface area contributed by atoms with Gasteiger partial charge in [-0.3, -0.25) is 4.79 Å². The molecule has 3 heterocycles. The minimum atomic E-state index is 0.0850. The summed E-state index contributed by atoms with van der Waals surface area (Å²) >= 11 is 1.29. The lowest BCUT2D eigenvalue weighted by Gasteiger charge is -2.35. The van der Waals surface area contributed by atoms with Gasteiger partial charge in [0.15, 0.2) is 0 Å². The predicted molar refractivity (Wildman–Crippen MR) is 113 cm³/mol. The highest BCUT2D eigenvalue weighted by atomic mass is 32.2. The number of aryl methyl sites for hydroxylation is 2. The van der Waals surface area contributed by atoms with E-state index in [1.54, 1.807) is 6.20 Å². The molecule has 0 saturated carbocycles. The fourth-order valence-corrected chi connectivity index (χ4v) is 4.09. The second-order valence-electron chi connectivity index (χ2n) is 7.09. The SMILES string of the molecule is Cc1cc(C)cc(-c2nnc(SCC(=O)N3CCN(c4ccccn4)CC3)o2)c1. The van der Waals surface area contributed by atoms with Gasteiger partial charge in [0.25, 0.3) is 5.22 Å². The maximum Gasteiger partial charge on any atom is 0.277 e. The number of nitrogens with zero attached hydrogens (tertiary/aromatic N) is 5. The van der Waals surface area contributed by atoms with Gasteiger partial charge < -0.3 is 14.2 Å². The van der Waals surface area contributed by atoms with E-state index < -0.39 is 0 Å². The van der Waals surface area contributed by atoms with Crippen LogP contribution in [0, 0.1) is 13.8 Å². The van der Waals surface area contributed by atoms with Crippen LogP contribution in [0.4, 0.5) is 5.82 Å². The number of benzene rings is 1. The molecule has 0 spiro atoms. The number of pyridine rings is 1. The monoisotopic (exact) mass is 409 g/mol. The van der Waals surface area contributed by atoms with Crippen LogP contribution in [0.3, 0.4) is 0 Å². The van der Waals surface area contributed by atoms with Crippen molar-refractivity contribution in [3.63, 3.8) is 0 Å². The zero-order chi connectivity index (χ0) is 20.2. The number of carbonyl (C=O) groups is 1. The normalized spacial score (nSPS) is 14.3. The molecule has 1 saturated heterocycles. The fourth-order valence-electron chi connectivity index (χ4n) is 3.42. The van der Waals surface area contributed by atoms with Gasteiger partial charge in [0, 0.05) is 37.9 Å². The van der Waals surface area contributed by atoms with Crippen molar-refractivity contribution < 1.29 is 9.21 Å². The van der Waals surface area contributed by atoms with Gasteiger partial charge in [-0.05, 0) is 38.1 Å². The molecular weight excluding hydrogens is 386 g/mol. The average Bonchev–Trinajstić information content (AvgIpc) is 3.21. The highest BCUT2D eigenvalue weighted by Gasteiger charge is 2.22. The molecule has 0 bridgehead atoms. The summed E-state index contributed by atoms with van der Waals surface area (Å²) in [5.74, 6) is 1.81. The minimum Gasteiger partial charge on any atom is -0.411 e. The van der Waals surface area contributed by atoms with Gasteiger partial charge in [0.05, 0.1) is 5.75 Å². The second kappa shape index (κ2) is 8.65. The average molecular weight is 410 g/mol. The Balaban J connectivity index is 1.30. The number of hydrogen-bond donors (Lipinski definition) is 0. The molecule has 150 valence electrons. The Labute approximate surface area is 174 Å². The third-order valence-corrected chi connectivity index (χ3v) is 5.60. The van der Waals surface area contributed by atoms with E-state index in [2.05, 4.69) is 26.1 Å². The summed E-state index contributed by atoms with van der Waals surface area (Å²) in [5, 5.41) is 8.62. The smallest absolute Gasteiger partial charge is 0.277 e. The fraction of sp³-hybridized carbons (Fsp3) is 0.333. The number of amides is 1. The van der Waals surface area contributed by atoms with Crippen LogP contribution >= 0.6 is 11.8 Å². The molecule has 2 aromatic heterocycles. The Morgan fingerprint density at radius 3 is 2.52 bits per heavy atom. The van der Waals surface area contributed by atoms with Gasteiger partial charge in [-0.2, -0.15) is 0 Å². The maximum atomic E-state index is 12.6. The molecule has 1 fully saturated rings. The molecule has 0 aliphatic carbocycles. The lowest BCUT2D eigenvalue weighted by Crippen LogP contribution is -2.49. The lowest BCUT2D eigenvalue weighted by molar-refractivity contribution is -0.128. The molecule has 1 aromatic carbocycles. The number of thioether (sulfide) groups is 1. The molecule has 1 aliphatic rings. The maximum absolute atomic E-state index is 12.6. The topological polar surface area (TPSA) is 75.4 Å². The molecule has 0 N–H and O–H groups in total. The van der Waals surface area contributed by atoms with E-state index in [0.717, 1.165) is 35.6 Å². The number of anilines is 1. The molecule has 4 rings (SSSR count). The third-order valence-electron chi connectivity index (χ3n) is 4.80.